The number of aromatic hydroxyl groups is 1. The van der Waals surface area contributed by atoms with Gasteiger partial charge in [0.25, 0.3) is 0 Å². The summed E-state index contributed by atoms with van der Waals surface area (Å²) in [4.78, 5) is 0. The van der Waals surface area contributed by atoms with Crippen LogP contribution in [-0.2, 0) is 6.61 Å². The normalized spacial score (nSPS) is 11.3. The molecule has 3 aromatic rings. The van der Waals surface area contributed by atoms with E-state index in [-0.39, 0.29) is 6.04 Å². The molecule has 4 heteroatoms. The van der Waals surface area contributed by atoms with Crippen LogP contribution < -0.4 is 4.74 Å². The monoisotopic (exact) mass is 315 g/mol. The predicted molar refractivity (Wildman–Crippen MR) is 89.8 cm³/mol. The van der Waals surface area contributed by atoms with Crippen LogP contribution in [0.4, 0.5) is 0 Å². The molecule has 114 valence electrons. The van der Waals surface area contributed by atoms with Crippen LogP contribution in [0.1, 0.15) is 25.6 Å². The number of hydrogen-bond acceptors (Lipinski definition) is 2. The zero-order valence-electron chi connectivity index (χ0n) is 12.6. The van der Waals surface area contributed by atoms with Crippen molar-refractivity contribution in [2.45, 2.75) is 26.5 Å². The summed E-state index contributed by atoms with van der Waals surface area (Å²) in [7, 11) is 0. The lowest BCUT2D eigenvalue weighted by molar-refractivity contribution is 0.293. The Balaban J connectivity index is 1.94. The van der Waals surface area contributed by atoms with Crippen molar-refractivity contribution in [1.29, 1.82) is 0 Å². The first kappa shape index (κ1) is 14.8. The van der Waals surface area contributed by atoms with Crippen molar-refractivity contribution in [3.63, 3.8) is 0 Å². The number of nitrogens with zero attached hydrogens (tertiary/aromatic N) is 1. The molecule has 3 nitrogen and oxygen atoms in total. The van der Waals surface area contributed by atoms with Gasteiger partial charge < -0.3 is 14.4 Å². The summed E-state index contributed by atoms with van der Waals surface area (Å²) in [5, 5.41) is 11.6. The lowest BCUT2D eigenvalue weighted by atomic mass is 10.2. The quantitative estimate of drug-likeness (QED) is 0.721. The van der Waals surface area contributed by atoms with Crippen LogP contribution in [0.5, 0.6) is 11.5 Å². The second-order valence-electron chi connectivity index (χ2n) is 5.55. The summed E-state index contributed by atoms with van der Waals surface area (Å²) in [6, 6.07) is 15.2. The van der Waals surface area contributed by atoms with Gasteiger partial charge in [-0.3, -0.25) is 0 Å². The van der Waals surface area contributed by atoms with E-state index in [1.165, 1.54) is 0 Å². The minimum atomic E-state index is 0.281. The Morgan fingerprint density at radius 2 is 1.86 bits per heavy atom. The first-order valence-corrected chi connectivity index (χ1v) is 7.64. The van der Waals surface area contributed by atoms with Gasteiger partial charge in [-0.1, -0.05) is 17.7 Å². The Kier molecular flexibility index (Phi) is 3.99. The van der Waals surface area contributed by atoms with Crippen molar-refractivity contribution in [2.75, 3.05) is 0 Å². The molecule has 22 heavy (non-hydrogen) atoms. The Bertz CT molecular complexity index is 791. The largest absolute Gasteiger partial charge is 0.507 e. The number of hydrogen-bond donors (Lipinski definition) is 1. The topological polar surface area (TPSA) is 34.4 Å². The molecule has 0 saturated heterocycles. The van der Waals surface area contributed by atoms with Crippen molar-refractivity contribution in [2.24, 2.45) is 0 Å². The second-order valence-corrected chi connectivity index (χ2v) is 5.99. The van der Waals surface area contributed by atoms with E-state index in [2.05, 4.69) is 18.4 Å². The van der Waals surface area contributed by atoms with Crippen molar-refractivity contribution in [1.82, 2.24) is 4.57 Å². The van der Waals surface area contributed by atoms with Gasteiger partial charge in [-0.25, -0.2) is 0 Å². The molecule has 1 aromatic heterocycles. The maximum atomic E-state index is 10.0. The molecule has 1 heterocycles. The zero-order chi connectivity index (χ0) is 15.7. The van der Waals surface area contributed by atoms with Gasteiger partial charge in [-0.15, -0.1) is 0 Å². The summed E-state index contributed by atoms with van der Waals surface area (Å²) in [5.74, 6) is 1.07. The first-order chi connectivity index (χ1) is 10.6. The maximum Gasteiger partial charge on any atom is 0.128 e. The highest BCUT2D eigenvalue weighted by Crippen LogP contribution is 2.31. The second kappa shape index (κ2) is 5.93. The molecule has 0 aliphatic carbocycles. The van der Waals surface area contributed by atoms with Crippen LogP contribution in [0.2, 0.25) is 5.02 Å². The molecule has 0 radical (unpaired) electrons. The van der Waals surface area contributed by atoms with Gasteiger partial charge in [0.2, 0.25) is 0 Å². The van der Waals surface area contributed by atoms with Crippen LogP contribution in [0.15, 0.2) is 48.5 Å². The molecule has 1 N–H and O–H groups in total. The molecule has 0 unspecified atom stereocenters. The van der Waals surface area contributed by atoms with Crippen molar-refractivity contribution >= 4 is 22.5 Å². The van der Waals surface area contributed by atoms with Gasteiger partial charge in [0.1, 0.15) is 18.1 Å². The van der Waals surface area contributed by atoms with Crippen LogP contribution in [0.3, 0.4) is 0 Å². The SMILES string of the molecule is CC(C)n1c(COc2ccc(Cl)cc2)cc2c(O)cccc21. The molecular formula is C18H18ClNO2. The van der Waals surface area contributed by atoms with Gasteiger partial charge >= 0.3 is 0 Å². The number of halogens is 1. The summed E-state index contributed by atoms with van der Waals surface area (Å²) in [6.07, 6.45) is 0. The smallest absolute Gasteiger partial charge is 0.128 e. The van der Waals surface area contributed by atoms with Gasteiger partial charge in [0.15, 0.2) is 0 Å². The minimum Gasteiger partial charge on any atom is -0.507 e. The first-order valence-electron chi connectivity index (χ1n) is 7.26. The van der Waals surface area contributed by atoms with Crippen molar-refractivity contribution < 1.29 is 9.84 Å². The molecule has 0 saturated carbocycles. The number of phenolic OH excluding ortho intramolecular Hbond substituents is 1. The average Bonchev–Trinajstić information content (AvgIpc) is 2.87. The van der Waals surface area contributed by atoms with Gasteiger partial charge in [0.05, 0.1) is 11.2 Å². The van der Waals surface area contributed by atoms with E-state index in [0.29, 0.717) is 17.4 Å². The summed E-state index contributed by atoms with van der Waals surface area (Å²) in [6.45, 7) is 4.68. The molecule has 0 bridgehead atoms. The Morgan fingerprint density at radius 1 is 1.14 bits per heavy atom. The summed E-state index contributed by atoms with van der Waals surface area (Å²) in [5.41, 5.74) is 2.05. The van der Waals surface area contributed by atoms with E-state index >= 15 is 0 Å². The molecule has 0 fully saturated rings. The van der Waals surface area contributed by atoms with Crippen LogP contribution in [-0.4, -0.2) is 9.67 Å². The number of phenols is 1. The van der Waals surface area contributed by atoms with Crippen LogP contribution in [0, 0.1) is 0 Å². The van der Waals surface area contributed by atoms with E-state index in [4.69, 9.17) is 16.3 Å². The molecule has 0 amide bonds. The third-order valence-corrected chi connectivity index (χ3v) is 3.91. The molecule has 0 atom stereocenters. The Labute approximate surface area is 134 Å². The average molecular weight is 316 g/mol. The minimum absolute atomic E-state index is 0.281. The number of aromatic nitrogens is 1. The Hall–Kier alpha value is -2.13. The predicted octanol–water partition coefficient (Wildman–Crippen LogP) is 5.16. The maximum absolute atomic E-state index is 10.0. The summed E-state index contributed by atoms with van der Waals surface area (Å²) < 4.78 is 8.03. The van der Waals surface area contributed by atoms with E-state index in [1.54, 1.807) is 18.2 Å². The fraction of sp³-hybridized carbons (Fsp3) is 0.222. The van der Waals surface area contributed by atoms with Gasteiger partial charge in [0, 0.05) is 16.5 Å². The highest BCUT2D eigenvalue weighted by Gasteiger charge is 2.14. The third-order valence-electron chi connectivity index (χ3n) is 3.66. The van der Waals surface area contributed by atoms with Crippen molar-refractivity contribution in [3.8, 4) is 11.5 Å². The molecular weight excluding hydrogens is 298 g/mol. The number of ether oxygens (including phenoxy) is 1. The molecule has 0 spiro atoms. The standard InChI is InChI=1S/C18H18ClNO2/c1-12(2)20-14(10-16-17(20)4-3-5-18(16)21)11-22-15-8-6-13(19)7-9-15/h3-10,12,21H,11H2,1-2H3. The van der Waals surface area contributed by atoms with Crippen LogP contribution >= 0.6 is 11.6 Å². The fourth-order valence-electron chi connectivity index (χ4n) is 2.70. The molecule has 3 rings (SSSR count). The molecule has 0 aliphatic rings. The van der Waals surface area contributed by atoms with Crippen LogP contribution in [0.25, 0.3) is 10.9 Å². The van der Waals surface area contributed by atoms with Crippen molar-refractivity contribution in [3.05, 3.63) is 59.2 Å². The third kappa shape index (κ3) is 2.77. The molecule has 0 aliphatic heterocycles. The fourth-order valence-corrected chi connectivity index (χ4v) is 2.83. The lowest BCUT2D eigenvalue weighted by Crippen LogP contribution is -2.08. The van der Waals surface area contributed by atoms with Gasteiger partial charge in [-0.05, 0) is 56.3 Å². The van der Waals surface area contributed by atoms with E-state index < -0.39 is 0 Å². The highest BCUT2D eigenvalue weighted by atomic mass is 35.5. The lowest BCUT2D eigenvalue weighted by Gasteiger charge is -2.15. The number of benzene rings is 2. The van der Waals surface area contributed by atoms with E-state index in [0.717, 1.165) is 22.3 Å². The van der Waals surface area contributed by atoms with Gasteiger partial charge in [-0.2, -0.15) is 0 Å². The Morgan fingerprint density at radius 3 is 2.55 bits per heavy atom. The number of fused-ring (bicyclic) bond motifs is 1. The highest BCUT2D eigenvalue weighted by molar-refractivity contribution is 6.30. The number of rotatable bonds is 4. The summed E-state index contributed by atoms with van der Waals surface area (Å²) >= 11 is 5.88. The van der Waals surface area contributed by atoms with E-state index in [9.17, 15) is 5.11 Å². The zero-order valence-corrected chi connectivity index (χ0v) is 13.3. The molecule has 2 aromatic carbocycles. The van der Waals surface area contributed by atoms with E-state index in [1.807, 2.05) is 30.3 Å².